The summed E-state index contributed by atoms with van der Waals surface area (Å²) < 4.78 is 5.47. The lowest BCUT2D eigenvalue weighted by molar-refractivity contribution is -0.122. The Hall–Kier alpha value is -2.58. The average molecular weight is 412 g/mol. The summed E-state index contributed by atoms with van der Waals surface area (Å²) in [5.41, 5.74) is 2.71. The van der Waals surface area contributed by atoms with Crippen molar-refractivity contribution in [2.75, 3.05) is 19.6 Å². The van der Waals surface area contributed by atoms with Gasteiger partial charge in [0.15, 0.2) is 5.76 Å². The molecule has 1 atom stereocenters. The highest BCUT2D eigenvalue weighted by molar-refractivity contribution is 7.09. The molecule has 1 N–H and O–H groups in total. The third-order valence-electron chi connectivity index (χ3n) is 5.13. The smallest absolute Gasteiger partial charge is 0.234 e. The van der Waals surface area contributed by atoms with Crippen LogP contribution in [0.25, 0.3) is 11.3 Å². The Kier molecular flexibility index (Phi) is 6.01. The summed E-state index contributed by atoms with van der Waals surface area (Å²) in [6, 6.07) is 5.95. The van der Waals surface area contributed by atoms with Crippen LogP contribution >= 0.6 is 11.3 Å². The number of nitrogens with one attached hydrogen (secondary N) is 1. The summed E-state index contributed by atoms with van der Waals surface area (Å²) in [6.45, 7) is 6.51. The molecule has 3 aromatic heterocycles. The van der Waals surface area contributed by atoms with Gasteiger partial charge < -0.3 is 9.84 Å². The number of thiophene rings is 1. The molecule has 4 heterocycles. The van der Waals surface area contributed by atoms with Crippen LogP contribution in [0.1, 0.15) is 40.8 Å². The minimum absolute atomic E-state index is 0.0593. The highest BCUT2D eigenvalue weighted by Gasteiger charge is 2.27. The third kappa shape index (κ3) is 4.89. The van der Waals surface area contributed by atoms with Gasteiger partial charge in [0.25, 0.3) is 0 Å². The number of hydrogen-bond donors (Lipinski definition) is 1. The van der Waals surface area contributed by atoms with E-state index in [9.17, 15) is 4.79 Å². The van der Waals surface area contributed by atoms with Gasteiger partial charge in [-0.3, -0.25) is 9.69 Å². The van der Waals surface area contributed by atoms with Crippen LogP contribution in [-0.2, 0) is 11.3 Å². The van der Waals surface area contributed by atoms with Crippen LogP contribution in [0.3, 0.4) is 0 Å². The fourth-order valence-electron chi connectivity index (χ4n) is 3.76. The number of piperidine rings is 1. The monoisotopic (exact) mass is 411 g/mol. The topological polar surface area (TPSA) is 84.2 Å². The molecule has 0 radical (unpaired) electrons. The van der Waals surface area contributed by atoms with Gasteiger partial charge in [0.1, 0.15) is 5.82 Å². The number of rotatable bonds is 6. The van der Waals surface area contributed by atoms with Crippen LogP contribution in [0.15, 0.2) is 34.3 Å². The molecule has 1 aliphatic heterocycles. The van der Waals surface area contributed by atoms with Crippen molar-refractivity contribution in [3.8, 4) is 11.3 Å². The van der Waals surface area contributed by atoms with Gasteiger partial charge in [0.05, 0.1) is 30.0 Å². The fourth-order valence-corrected chi connectivity index (χ4v) is 4.40. The quantitative estimate of drug-likeness (QED) is 0.670. The first-order valence-corrected chi connectivity index (χ1v) is 10.7. The molecule has 0 unspecified atom stereocenters. The molecule has 7 nitrogen and oxygen atoms in total. The Morgan fingerprint density at radius 3 is 3.07 bits per heavy atom. The van der Waals surface area contributed by atoms with E-state index < -0.39 is 0 Å². The number of likely N-dealkylation sites (tertiary alicyclic amines) is 1. The van der Waals surface area contributed by atoms with E-state index in [1.165, 1.54) is 4.88 Å². The first-order valence-electron chi connectivity index (χ1n) is 9.87. The molecular weight excluding hydrogens is 386 g/mol. The lowest BCUT2D eigenvalue weighted by atomic mass is 9.91. The van der Waals surface area contributed by atoms with Gasteiger partial charge in [-0.25, -0.2) is 9.97 Å². The van der Waals surface area contributed by atoms with Crippen LogP contribution in [0.5, 0.6) is 0 Å². The number of aryl methyl sites for hydroxylation is 2. The van der Waals surface area contributed by atoms with Gasteiger partial charge in [-0.2, -0.15) is 0 Å². The Morgan fingerprint density at radius 2 is 2.31 bits per heavy atom. The second kappa shape index (κ2) is 8.84. The predicted molar refractivity (Wildman–Crippen MR) is 112 cm³/mol. The van der Waals surface area contributed by atoms with Crippen molar-refractivity contribution in [3.05, 3.63) is 51.9 Å². The number of carbonyl (C=O) groups is 1. The zero-order valence-corrected chi connectivity index (χ0v) is 17.5. The third-order valence-corrected chi connectivity index (χ3v) is 6.01. The van der Waals surface area contributed by atoms with Crippen molar-refractivity contribution in [1.29, 1.82) is 0 Å². The molecule has 1 fully saturated rings. The lowest BCUT2D eigenvalue weighted by Crippen LogP contribution is -2.42. The fraction of sp³-hybridized carbons (Fsp3) is 0.429. The Labute approximate surface area is 174 Å². The molecule has 1 saturated heterocycles. The van der Waals surface area contributed by atoms with E-state index in [2.05, 4.69) is 20.4 Å². The molecule has 0 aliphatic carbocycles. The Bertz CT molecular complexity index is 969. The van der Waals surface area contributed by atoms with E-state index >= 15 is 0 Å². The number of hydrogen-bond acceptors (Lipinski definition) is 7. The molecule has 1 amide bonds. The van der Waals surface area contributed by atoms with E-state index in [1.54, 1.807) is 11.3 Å². The molecular formula is C21H25N5O2S. The largest absolute Gasteiger partial charge is 0.356 e. The van der Waals surface area contributed by atoms with Crippen LogP contribution < -0.4 is 5.32 Å². The Morgan fingerprint density at radius 1 is 1.41 bits per heavy atom. The first-order chi connectivity index (χ1) is 14.1. The van der Waals surface area contributed by atoms with Crippen LogP contribution in [0.2, 0.25) is 0 Å². The summed E-state index contributed by atoms with van der Waals surface area (Å²) in [7, 11) is 0. The van der Waals surface area contributed by atoms with Crippen molar-refractivity contribution in [2.45, 2.75) is 39.2 Å². The van der Waals surface area contributed by atoms with E-state index in [0.29, 0.717) is 18.8 Å². The van der Waals surface area contributed by atoms with E-state index in [-0.39, 0.29) is 11.8 Å². The lowest BCUT2D eigenvalue weighted by Gasteiger charge is -2.32. The van der Waals surface area contributed by atoms with Gasteiger partial charge in [-0.15, -0.1) is 11.3 Å². The van der Waals surface area contributed by atoms with Crippen molar-refractivity contribution >= 4 is 17.2 Å². The zero-order chi connectivity index (χ0) is 20.2. The van der Waals surface area contributed by atoms with Gasteiger partial charge >= 0.3 is 0 Å². The van der Waals surface area contributed by atoms with E-state index in [1.807, 2.05) is 43.6 Å². The molecule has 3 aromatic rings. The molecule has 1 aliphatic rings. The van der Waals surface area contributed by atoms with Crippen molar-refractivity contribution in [3.63, 3.8) is 0 Å². The molecule has 0 bridgehead atoms. The van der Waals surface area contributed by atoms with E-state index in [4.69, 9.17) is 9.51 Å². The van der Waals surface area contributed by atoms with Crippen molar-refractivity contribution < 1.29 is 9.32 Å². The van der Waals surface area contributed by atoms with Gasteiger partial charge in [0, 0.05) is 29.6 Å². The van der Waals surface area contributed by atoms with Gasteiger partial charge in [0.2, 0.25) is 5.91 Å². The second-order valence-corrected chi connectivity index (χ2v) is 8.51. The maximum Gasteiger partial charge on any atom is 0.234 e. The maximum absolute atomic E-state index is 12.4. The zero-order valence-electron chi connectivity index (χ0n) is 16.7. The highest BCUT2D eigenvalue weighted by atomic mass is 32.1. The number of aromatic nitrogens is 3. The predicted octanol–water partition coefficient (Wildman–Crippen LogP) is 3.31. The standard InChI is InChI=1S/C21H25N5O2S/c1-14-9-19(28-25-14)18-11-22-15(2)24-21(18)16-5-3-7-26(12-16)13-20(27)23-10-17-6-4-8-29-17/h4,6,8-9,11,16H,3,5,7,10,12-13H2,1-2H3,(H,23,27)/t16-/m0/s1. The number of amides is 1. The normalized spacial score (nSPS) is 17.4. The van der Waals surface area contributed by atoms with E-state index in [0.717, 1.165) is 48.7 Å². The molecule has 4 rings (SSSR count). The molecule has 0 aromatic carbocycles. The SMILES string of the molecule is Cc1cc(-c2cnc(C)nc2[C@H]2CCCN(CC(=O)NCc3cccs3)C2)on1. The highest BCUT2D eigenvalue weighted by Crippen LogP contribution is 2.33. The van der Waals surface area contributed by atoms with Crippen molar-refractivity contribution in [2.24, 2.45) is 0 Å². The molecule has 29 heavy (non-hydrogen) atoms. The van der Waals surface area contributed by atoms with Gasteiger partial charge in [-0.1, -0.05) is 11.2 Å². The van der Waals surface area contributed by atoms with Crippen LogP contribution in [0.4, 0.5) is 0 Å². The number of carbonyl (C=O) groups excluding carboxylic acids is 1. The molecule has 8 heteroatoms. The second-order valence-electron chi connectivity index (χ2n) is 7.48. The maximum atomic E-state index is 12.4. The first kappa shape index (κ1) is 19.7. The molecule has 152 valence electrons. The molecule has 0 saturated carbocycles. The molecule has 0 spiro atoms. The minimum atomic E-state index is 0.0593. The van der Waals surface area contributed by atoms with Crippen molar-refractivity contribution in [1.82, 2.24) is 25.3 Å². The summed E-state index contributed by atoms with van der Waals surface area (Å²) in [5, 5.41) is 9.04. The Balaban J connectivity index is 1.44. The summed E-state index contributed by atoms with van der Waals surface area (Å²) >= 11 is 1.65. The van der Waals surface area contributed by atoms with Crippen LogP contribution in [-0.4, -0.2) is 45.6 Å². The summed E-state index contributed by atoms with van der Waals surface area (Å²) in [6.07, 6.45) is 3.88. The van der Waals surface area contributed by atoms with Crippen LogP contribution in [0, 0.1) is 13.8 Å². The number of nitrogens with zero attached hydrogens (tertiary/aromatic N) is 4. The average Bonchev–Trinajstić information content (AvgIpc) is 3.38. The van der Waals surface area contributed by atoms with Gasteiger partial charge in [-0.05, 0) is 44.7 Å². The summed E-state index contributed by atoms with van der Waals surface area (Å²) in [4.78, 5) is 24.9. The minimum Gasteiger partial charge on any atom is -0.356 e. The summed E-state index contributed by atoms with van der Waals surface area (Å²) in [5.74, 6) is 1.73.